The third-order valence-corrected chi connectivity index (χ3v) is 6.62. The predicted molar refractivity (Wildman–Crippen MR) is 126 cm³/mol. The van der Waals surface area contributed by atoms with E-state index < -0.39 is 0 Å². The average Bonchev–Trinajstić information content (AvgIpc) is 2.89. The van der Waals surface area contributed by atoms with Crippen molar-refractivity contribution in [3.63, 3.8) is 0 Å². The number of nitrogens with zero attached hydrogens (tertiary/aromatic N) is 2. The quantitative estimate of drug-likeness (QED) is 0.438. The number of allylic oxidation sites excluding steroid dienone is 1. The molecule has 154 valence electrons. The molecule has 0 saturated carbocycles. The highest BCUT2D eigenvalue weighted by Crippen LogP contribution is 2.35. The fourth-order valence-electron chi connectivity index (χ4n) is 4.23. The van der Waals surface area contributed by atoms with Crippen LogP contribution in [0.4, 0.5) is 5.69 Å². The highest BCUT2D eigenvalue weighted by Gasteiger charge is 2.24. The molecule has 0 N–H and O–H groups in total. The van der Waals surface area contributed by atoms with E-state index in [1.54, 1.807) is 0 Å². The van der Waals surface area contributed by atoms with Crippen LogP contribution in [0.15, 0.2) is 65.7 Å². The Balaban J connectivity index is 1.91. The number of hydrogen-bond donors (Lipinski definition) is 0. The number of hydrogen-bond acceptors (Lipinski definition) is 2. The number of amidine groups is 1. The van der Waals surface area contributed by atoms with Crippen molar-refractivity contribution in [3.05, 3.63) is 77.4 Å². The van der Waals surface area contributed by atoms with Crippen LogP contribution in [-0.4, -0.2) is 23.8 Å². The number of benzene rings is 2. The van der Waals surface area contributed by atoms with Gasteiger partial charge < -0.3 is 4.90 Å². The lowest BCUT2D eigenvalue weighted by atomic mass is 9.77. The van der Waals surface area contributed by atoms with Crippen LogP contribution in [-0.2, 0) is 6.42 Å². The molecular formula is C27H36N2. The van der Waals surface area contributed by atoms with Gasteiger partial charge in [0.25, 0.3) is 0 Å². The van der Waals surface area contributed by atoms with E-state index in [-0.39, 0.29) is 5.41 Å². The molecule has 3 rings (SSSR count). The Morgan fingerprint density at radius 2 is 1.72 bits per heavy atom. The standard InChI is InChI=1S/C27H36N2/c1-6-18-29(19-12-17-27(5,7-2)21(3)4)26-24-15-10-8-13-22(24)20-23-14-9-11-16-25(23)28-26/h8-11,13-16H,3,6-7,12,17-20H2,1-2,4-5H3. The van der Waals surface area contributed by atoms with Crippen molar-refractivity contribution in [1.29, 1.82) is 0 Å². The molecule has 0 radical (unpaired) electrons. The second kappa shape index (κ2) is 9.43. The minimum absolute atomic E-state index is 0.230. The van der Waals surface area contributed by atoms with E-state index in [0.717, 1.165) is 50.3 Å². The highest BCUT2D eigenvalue weighted by molar-refractivity contribution is 6.02. The topological polar surface area (TPSA) is 15.6 Å². The first kappa shape index (κ1) is 21.4. The lowest BCUT2D eigenvalue weighted by molar-refractivity contribution is 0.311. The van der Waals surface area contributed by atoms with Gasteiger partial charge in [0.1, 0.15) is 5.84 Å². The van der Waals surface area contributed by atoms with Crippen LogP contribution in [0.3, 0.4) is 0 Å². The van der Waals surface area contributed by atoms with Crippen molar-refractivity contribution in [2.24, 2.45) is 10.4 Å². The van der Waals surface area contributed by atoms with Gasteiger partial charge in [-0.25, -0.2) is 4.99 Å². The van der Waals surface area contributed by atoms with E-state index in [4.69, 9.17) is 4.99 Å². The average molecular weight is 389 g/mol. The summed E-state index contributed by atoms with van der Waals surface area (Å²) in [5.74, 6) is 1.14. The maximum atomic E-state index is 5.19. The van der Waals surface area contributed by atoms with E-state index >= 15 is 0 Å². The summed E-state index contributed by atoms with van der Waals surface area (Å²) in [6, 6.07) is 17.4. The largest absolute Gasteiger partial charge is 0.356 e. The first-order chi connectivity index (χ1) is 14.0. The molecule has 0 aliphatic carbocycles. The zero-order chi connectivity index (χ0) is 20.9. The molecule has 0 amide bonds. The summed E-state index contributed by atoms with van der Waals surface area (Å²) >= 11 is 0. The maximum Gasteiger partial charge on any atom is 0.136 e. The maximum absolute atomic E-state index is 5.19. The summed E-state index contributed by atoms with van der Waals surface area (Å²) in [5.41, 5.74) is 6.61. The smallest absolute Gasteiger partial charge is 0.136 e. The molecule has 2 aromatic carbocycles. The van der Waals surface area contributed by atoms with E-state index in [1.165, 1.54) is 28.7 Å². The molecule has 1 aliphatic heterocycles. The first-order valence-electron chi connectivity index (χ1n) is 11.1. The Bertz CT molecular complexity index is 880. The molecule has 0 bridgehead atoms. The Labute approximate surface area is 177 Å². The monoisotopic (exact) mass is 388 g/mol. The lowest BCUT2D eigenvalue weighted by Crippen LogP contribution is -2.34. The van der Waals surface area contributed by atoms with E-state index in [1.807, 2.05) is 0 Å². The van der Waals surface area contributed by atoms with Crippen LogP contribution < -0.4 is 0 Å². The normalized spacial score (nSPS) is 14.8. The van der Waals surface area contributed by atoms with Gasteiger partial charge in [0.2, 0.25) is 0 Å². The van der Waals surface area contributed by atoms with E-state index in [9.17, 15) is 0 Å². The van der Waals surface area contributed by atoms with Crippen molar-refractivity contribution >= 4 is 11.5 Å². The summed E-state index contributed by atoms with van der Waals surface area (Å²) in [7, 11) is 0. The molecule has 1 heterocycles. The van der Waals surface area contributed by atoms with Gasteiger partial charge in [-0.2, -0.15) is 0 Å². The van der Waals surface area contributed by atoms with E-state index in [2.05, 4.69) is 87.7 Å². The van der Waals surface area contributed by atoms with Crippen molar-refractivity contribution in [1.82, 2.24) is 4.90 Å². The van der Waals surface area contributed by atoms with Gasteiger partial charge in [-0.15, -0.1) is 0 Å². The molecule has 2 aromatic rings. The van der Waals surface area contributed by atoms with Gasteiger partial charge in [-0.3, -0.25) is 0 Å². The molecule has 1 atom stereocenters. The second-order valence-electron chi connectivity index (χ2n) is 8.68. The Hall–Kier alpha value is -2.35. The molecular weight excluding hydrogens is 352 g/mol. The minimum atomic E-state index is 0.230. The van der Waals surface area contributed by atoms with Crippen LogP contribution in [0.5, 0.6) is 0 Å². The van der Waals surface area contributed by atoms with Crippen molar-refractivity contribution in [3.8, 4) is 0 Å². The third kappa shape index (κ3) is 4.80. The summed E-state index contributed by atoms with van der Waals surface area (Å²) < 4.78 is 0. The molecule has 0 saturated heterocycles. The summed E-state index contributed by atoms with van der Waals surface area (Å²) in [6.07, 6.45) is 5.54. The summed E-state index contributed by atoms with van der Waals surface area (Å²) in [6.45, 7) is 15.4. The van der Waals surface area contributed by atoms with Gasteiger partial charge in [0, 0.05) is 25.1 Å². The lowest BCUT2D eigenvalue weighted by Gasteiger charge is -2.32. The molecule has 1 unspecified atom stereocenters. The number of aliphatic imine (C=N–C) groups is 1. The van der Waals surface area contributed by atoms with Crippen molar-refractivity contribution in [2.45, 2.75) is 59.8 Å². The number of para-hydroxylation sites is 1. The Kier molecular flexibility index (Phi) is 6.95. The minimum Gasteiger partial charge on any atom is -0.356 e. The SMILES string of the molecule is C=C(C)C(C)(CC)CCCN(CCC)C1=Nc2ccccc2Cc2ccccc21. The van der Waals surface area contributed by atoms with Crippen molar-refractivity contribution < 1.29 is 0 Å². The Morgan fingerprint density at radius 3 is 2.41 bits per heavy atom. The van der Waals surface area contributed by atoms with Gasteiger partial charge >= 0.3 is 0 Å². The van der Waals surface area contributed by atoms with Crippen LogP contribution >= 0.6 is 0 Å². The third-order valence-electron chi connectivity index (χ3n) is 6.62. The van der Waals surface area contributed by atoms with Gasteiger partial charge in [0.05, 0.1) is 5.69 Å². The molecule has 2 heteroatoms. The summed E-state index contributed by atoms with van der Waals surface area (Å²) in [5, 5.41) is 0. The van der Waals surface area contributed by atoms with Crippen LogP contribution in [0.1, 0.15) is 70.1 Å². The van der Waals surface area contributed by atoms with Gasteiger partial charge in [0.15, 0.2) is 0 Å². The van der Waals surface area contributed by atoms with Gasteiger partial charge in [-0.1, -0.05) is 75.4 Å². The molecule has 0 aromatic heterocycles. The summed E-state index contributed by atoms with van der Waals surface area (Å²) in [4.78, 5) is 7.70. The molecule has 2 nitrogen and oxygen atoms in total. The van der Waals surface area contributed by atoms with E-state index in [0.29, 0.717) is 0 Å². The molecule has 0 spiro atoms. The molecule has 0 fully saturated rings. The highest BCUT2D eigenvalue weighted by atomic mass is 15.2. The van der Waals surface area contributed by atoms with Crippen LogP contribution in [0.2, 0.25) is 0 Å². The Morgan fingerprint density at radius 1 is 1.03 bits per heavy atom. The zero-order valence-corrected chi connectivity index (χ0v) is 18.7. The number of rotatable bonds is 8. The van der Waals surface area contributed by atoms with Crippen molar-refractivity contribution in [2.75, 3.05) is 13.1 Å². The second-order valence-corrected chi connectivity index (χ2v) is 8.68. The van der Waals surface area contributed by atoms with Crippen LogP contribution in [0, 0.1) is 5.41 Å². The molecule has 29 heavy (non-hydrogen) atoms. The first-order valence-corrected chi connectivity index (χ1v) is 11.1. The fraction of sp³-hybridized carbons (Fsp3) is 0.444. The van der Waals surface area contributed by atoms with Crippen LogP contribution in [0.25, 0.3) is 0 Å². The molecule has 1 aliphatic rings. The number of fused-ring (bicyclic) bond motifs is 2. The van der Waals surface area contributed by atoms with Gasteiger partial charge in [-0.05, 0) is 55.2 Å². The predicted octanol–water partition coefficient (Wildman–Crippen LogP) is 7.15. The fourth-order valence-corrected chi connectivity index (χ4v) is 4.23. The zero-order valence-electron chi connectivity index (χ0n) is 18.7.